The minimum atomic E-state index is -0.626. The van der Waals surface area contributed by atoms with Gasteiger partial charge in [-0.2, -0.15) is 0 Å². The first-order valence-electron chi connectivity index (χ1n) is 4.35. The van der Waals surface area contributed by atoms with Crippen molar-refractivity contribution >= 4 is 5.97 Å². The Hall–Kier alpha value is -0.870. The Morgan fingerprint density at radius 2 is 2.08 bits per heavy atom. The Labute approximate surface area is 78.9 Å². The summed E-state index contributed by atoms with van der Waals surface area (Å²) in [6.45, 7) is 6.98. The number of carbonyl (C=O) groups excluding carboxylic acids is 1. The van der Waals surface area contributed by atoms with Crippen LogP contribution in [0, 0.1) is 0 Å². The average Bonchev–Trinajstić information content (AvgIpc) is 2.03. The molecule has 0 aromatic heterocycles. The number of rotatable bonds is 5. The van der Waals surface area contributed by atoms with Crippen molar-refractivity contribution in [2.24, 2.45) is 11.5 Å². The number of ether oxygens (including phenoxy) is 1. The molecule has 0 fully saturated rings. The lowest BCUT2D eigenvalue weighted by Gasteiger charge is -2.16. The predicted octanol–water partition coefficient (Wildman–Crippen LogP) is 0.518. The molecule has 4 nitrogen and oxygen atoms in total. The topological polar surface area (TPSA) is 78.3 Å². The van der Waals surface area contributed by atoms with Gasteiger partial charge >= 0.3 is 5.97 Å². The van der Waals surface area contributed by atoms with E-state index in [9.17, 15) is 4.79 Å². The van der Waals surface area contributed by atoms with E-state index in [0.717, 1.165) is 6.42 Å². The van der Waals surface area contributed by atoms with Gasteiger partial charge in [-0.15, -0.1) is 0 Å². The third-order valence-corrected chi connectivity index (χ3v) is 1.67. The fraction of sp³-hybridized carbons (Fsp3) is 0.667. The van der Waals surface area contributed by atoms with Crippen LogP contribution in [0.25, 0.3) is 0 Å². The largest absolute Gasteiger partial charge is 0.443 e. The van der Waals surface area contributed by atoms with E-state index in [2.05, 4.69) is 6.58 Å². The van der Waals surface area contributed by atoms with Crippen molar-refractivity contribution in [3.63, 3.8) is 0 Å². The molecule has 0 heterocycles. The second kappa shape index (κ2) is 5.72. The highest BCUT2D eigenvalue weighted by Gasteiger charge is 2.12. The fourth-order valence-corrected chi connectivity index (χ4v) is 0.751. The van der Waals surface area contributed by atoms with Crippen LogP contribution >= 0.6 is 0 Å². The van der Waals surface area contributed by atoms with Crippen LogP contribution in [0.5, 0.6) is 0 Å². The summed E-state index contributed by atoms with van der Waals surface area (Å²) >= 11 is 0. The van der Waals surface area contributed by atoms with E-state index >= 15 is 0 Å². The first kappa shape index (κ1) is 12.1. The third-order valence-electron chi connectivity index (χ3n) is 1.67. The monoisotopic (exact) mass is 186 g/mol. The summed E-state index contributed by atoms with van der Waals surface area (Å²) < 4.78 is 4.84. The number of hydrogen-bond acceptors (Lipinski definition) is 4. The molecule has 13 heavy (non-hydrogen) atoms. The lowest BCUT2D eigenvalue weighted by Crippen LogP contribution is -2.34. The van der Waals surface area contributed by atoms with Crippen molar-refractivity contribution in [3.05, 3.63) is 12.2 Å². The van der Waals surface area contributed by atoms with Crippen molar-refractivity contribution in [2.75, 3.05) is 0 Å². The average molecular weight is 186 g/mol. The molecule has 0 amide bonds. The van der Waals surface area contributed by atoms with Gasteiger partial charge in [-0.3, -0.25) is 5.73 Å². The van der Waals surface area contributed by atoms with Crippen LogP contribution in [0.1, 0.15) is 26.7 Å². The Morgan fingerprint density at radius 3 is 2.46 bits per heavy atom. The van der Waals surface area contributed by atoms with Gasteiger partial charge in [0.05, 0.1) is 0 Å². The summed E-state index contributed by atoms with van der Waals surface area (Å²) in [5.74, 6) is -0.462. The number of hydrogen-bond donors (Lipinski definition) is 2. The van der Waals surface area contributed by atoms with Crippen molar-refractivity contribution < 1.29 is 9.53 Å². The Bertz CT molecular complexity index is 192. The molecule has 2 unspecified atom stereocenters. The molecule has 0 spiro atoms. The van der Waals surface area contributed by atoms with Gasteiger partial charge in [0.15, 0.2) is 6.23 Å². The molecule has 0 aliphatic rings. The molecule has 0 aliphatic carbocycles. The van der Waals surface area contributed by atoms with Crippen LogP contribution in [-0.2, 0) is 9.53 Å². The molecular weight excluding hydrogens is 168 g/mol. The van der Waals surface area contributed by atoms with Crippen molar-refractivity contribution in [3.8, 4) is 0 Å². The molecule has 0 aromatic carbocycles. The van der Waals surface area contributed by atoms with Gasteiger partial charge in [0.2, 0.25) is 0 Å². The van der Waals surface area contributed by atoms with Gasteiger partial charge in [-0.1, -0.05) is 13.5 Å². The zero-order chi connectivity index (χ0) is 10.4. The highest BCUT2D eigenvalue weighted by molar-refractivity contribution is 5.87. The molecule has 2 atom stereocenters. The molecular formula is C9H18N2O2. The zero-order valence-corrected chi connectivity index (χ0v) is 8.25. The maximum absolute atomic E-state index is 11.0. The van der Waals surface area contributed by atoms with Crippen molar-refractivity contribution in [2.45, 2.75) is 39.0 Å². The van der Waals surface area contributed by atoms with Crippen LogP contribution in [0.15, 0.2) is 12.2 Å². The van der Waals surface area contributed by atoms with Gasteiger partial charge in [0, 0.05) is 18.0 Å². The van der Waals surface area contributed by atoms with Gasteiger partial charge < -0.3 is 10.5 Å². The normalized spacial score (nSPS) is 14.8. The first-order valence-corrected chi connectivity index (χ1v) is 4.35. The quantitative estimate of drug-likeness (QED) is 0.372. The molecule has 0 bridgehead atoms. The molecule has 0 aromatic rings. The molecule has 4 N–H and O–H groups in total. The van der Waals surface area contributed by atoms with E-state index in [4.69, 9.17) is 16.2 Å². The molecule has 0 saturated carbocycles. The molecule has 0 rings (SSSR count). The van der Waals surface area contributed by atoms with E-state index in [0.29, 0.717) is 12.0 Å². The number of nitrogens with two attached hydrogens (primary N) is 2. The summed E-state index contributed by atoms with van der Waals surface area (Å²) in [7, 11) is 0. The molecule has 4 heteroatoms. The second-order valence-electron chi connectivity index (χ2n) is 3.13. The highest BCUT2D eigenvalue weighted by atomic mass is 16.6. The van der Waals surface area contributed by atoms with Gasteiger partial charge in [-0.05, 0) is 13.3 Å². The van der Waals surface area contributed by atoms with E-state index in [1.807, 2.05) is 6.92 Å². The minimum absolute atomic E-state index is 0.0204. The van der Waals surface area contributed by atoms with E-state index in [1.54, 1.807) is 6.92 Å². The lowest BCUT2D eigenvalue weighted by atomic mass is 10.1. The maximum atomic E-state index is 11.0. The SMILES string of the molecule is C=C(C)C(=O)OC(N)CC(N)CC. The van der Waals surface area contributed by atoms with Crippen LogP contribution in [0.3, 0.4) is 0 Å². The lowest BCUT2D eigenvalue weighted by molar-refractivity contribution is -0.144. The van der Waals surface area contributed by atoms with Crippen LogP contribution < -0.4 is 11.5 Å². The smallest absolute Gasteiger partial charge is 0.334 e. The van der Waals surface area contributed by atoms with Crippen LogP contribution in [-0.4, -0.2) is 18.2 Å². The fourth-order valence-electron chi connectivity index (χ4n) is 0.751. The van der Waals surface area contributed by atoms with Crippen LogP contribution in [0.2, 0.25) is 0 Å². The van der Waals surface area contributed by atoms with E-state index in [1.165, 1.54) is 0 Å². The van der Waals surface area contributed by atoms with Gasteiger partial charge in [-0.25, -0.2) is 4.79 Å². The van der Waals surface area contributed by atoms with Gasteiger partial charge in [0.25, 0.3) is 0 Å². The summed E-state index contributed by atoms with van der Waals surface area (Å²) in [5.41, 5.74) is 11.5. The maximum Gasteiger partial charge on any atom is 0.334 e. The predicted molar refractivity (Wildman–Crippen MR) is 51.8 cm³/mol. The minimum Gasteiger partial charge on any atom is -0.443 e. The highest BCUT2D eigenvalue weighted by Crippen LogP contribution is 2.01. The van der Waals surface area contributed by atoms with Crippen molar-refractivity contribution in [1.82, 2.24) is 0 Å². The number of carbonyl (C=O) groups is 1. The molecule has 0 aliphatic heterocycles. The van der Waals surface area contributed by atoms with E-state index in [-0.39, 0.29) is 6.04 Å². The van der Waals surface area contributed by atoms with E-state index < -0.39 is 12.2 Å². The Kier molecular flexibility index (Phi) is 5.34. The summed E-state index contributed by atoms with van der Waals surface area (Å²) in [4.78, 5) is 11.0. The van der Waals surface area contributed by atoms with Crippen molar-refractivity contribution in [1.29, 1.82) is 0 Å². The number of esters is 1. The van der Waals surface area contributed by atoms with Gasteiger partial charge in [0.1, 0.15) is 0 Å². The summed E-state index contributed by atoms with van der Waals surface area (Å²) in [5, 5.41) is 0. The molecule has 0 radical (unpaired) electrons. The zero-order valence-electron chi connectivity index (χ0n) is 8.25. The Balaban J connectivity index is 3.80. The summed E-state index contributed by atoms with van der Waals surface area (Å²) in [6, 6.07) is -0.0204. The standard InChI is InChI=1S/C9H18N2O2/c1-4-7(10)5-8(11)13-9(12)6(2)3/h7-8H,2,4-5,10-11H2,1,3H3. The molecule has 0 saturated heterocycles. The second-order valence-corrected chi connectivity index (χ2v) is 3.13. The first-order chi connectivity index (χ1) is 5.97. The third kappa shape index (κ3) is 5.38. The Morgan fingerprint density at radius 1 is 1.54 bits per heavy atom. The molecule has 76 valence electrons. The van der Waals surface area contributed by atoms with Crippen LogP contribution in [0.4, 0.5) is 0 Å². The summed E-state index contributed by atoms with van der Waals surface area (Å²) in [6.07, 6.45) is 0.674.